The van der Waals surface area contributed by atoms with Gasteiger partial charge in [-0.25, -0.2) is 4.98 Å². The van der Waals surface area contributed by atoms with Gasteiger partial charge in [-0.3, -0.25) is 19.6 Å². The molecule has 0 radical (unpaired) electrons. The zero-order chi connectivity index (χ0) is 17.5. The van der Waals surface area contributed by atoms with Gasteiger partial charge >= 0.3 is 0 Å². The Hall–Kier alpha value is -3.55. The zero-order valence-electron chi connectivity index (χ0n) is 13.3. The van der Waals surface area contributed by atoms with Crippen LogP contribution in [0.25, 0.3) is 0 Å². The summed E-state index contributed by atoms with van der Waals surface area (Å²) < 4.78 is 0. The Morgan fingerprint density at radius 1 is 0.960 bits per heavy atom. The molecule has 0 saturated carbocycles. The Balaban J connectivity index is 1.61. The van der Waals surface area contributed by atoms with E-state index in [1.165, 1.54) is 6.33 Å². The third-order valence-electron chi connectivity index (χ3n) is 3.41. The van der Waals surface area contributed by atoms with Crippen LogP contribution < -0.4 is 10.6 Å². The van der Waals surface area contributed by atoms with E-state index in [0.29, 0.717) is 12.2 Å². The predicted octanol–water partition coefficient (Wildman–Crippen LogP) is 1.06. The molecule has 0 aromatic carbocycles. The van der Waals surface area contributed by atoms with Gasteiger partial charge in [0.25, 0.3) is 11.8 Å². The summed E-state index contributed by atoms with van der Waals surface area (Å²) in [4.78, 5) is 39.3. The molecular weight excluding hydrogens is 320 g/mol. The van der Waals surface area contributed by atoms with Crippen molar-refractivity contribution in [3.05, 3.63) is 77.9 Å². The van der Waals surface area contributed by atoms with Crippen LogP contribution in [0.5, 0.6) is 0 Å². The molecule has 0 bridgehead atoms. The summed E-state index contributed by atoms with van der Waals surface area (Å²) in [6, 6.07) is 9.06. The Bertz CT molecular complexity index is 778. The van der Waals surface area contributed by atoms with Gasteiger partial charge in [-0.05, 0) is 23.8 Å². The second kappa shape index (κ2) is 7.82. The van der Waals surface area contributed by atoms with Crippen LogP contribution in [0.2, 0.25) is 0 Å². The monoisotopic (exact) mass is 336 g/mol. The standard InChI is InChI=1S/C17H16N6O2/c24-16(20-9-12-4-3-6-18-8-12)14-15(23-11-22-14)17(25)21-10-13-5-1-2-7-19-13/h1-8,11H,9-10H2,(H,20,24)(H,21,25)(H,22,23). The maximum atomic E-state index is 12.3. The molecule has 0 fully saturated rings. The minimum Gasteiger partial charge on any atom is -0.347 e. The Morgan fingerprint density at radius 2 is 1.84 bits per heavy atom. The van der Waals surface area contributed by atoms with Crippen LogP contribution >= 0.6 is 0 Å². The van der Waals surface area contributed by atoms with Crippen LogP contribution in [-0.2, 0) is 13.1 Å². The molecule has 0 aliphatic heterocycles. The average Bonchev–Trinajstić information content (AvgIpc) is 3.16. The van der Waals surface area contributed by atoms with Crippen molar-refractivity contribution in [1.82, 2.24) is 30.6 Å². The number of nitrogens with zero attached hydrogens (tertiary/aromatic N) is 3. The van der Waals surface area contributed by atoms with E-state index >= 15 is 0 Å². The molecule has 0 unspecified atom stereocenters. The lowest BCUT2D eigenvalue weighted by Gasteiger charge is -2.06. The van der Waals surface area contributed by atoms with E-state index in [2.05, 4.69) is 30.6 Å². The van der Waals surface area contributed by atoms with Crippen LogP contribution in [0.1, 0.15) is 32.2 Å². The summed E-state index contributed by atoms with van der Waals surface area (Å²) >= 11 is 0. The smallest absolute Gasteiger partial charge is 0.272 e. The summed E-state index contributed by atoms with van der Waals surface area (Å²) in [6.45, 7) is 0.559. The number of hydrogen-bond acceptors (Lipinski definition) is 5. The third kappa shape index (κ3) is 4.25. The van der Waals surface area contributed by atoms with Gasteiger partial charge in [-0.2, -0.15) is 0 Å². The van der Waals surface area contributed by atoms with E-state index in [-0.39, 0.29) is 17.9 Å². The number of H-pyrrole nitrogens is 1. The molecule has 3 rings (SSSR count). The highest BCUT2D eigenvalue weighted by Gasteiger charge is 2.20. The largest absolute Gasteiger partial charge is 0.347 e. The Labute approximate surface area is 143 Å². The highest BCUT2D eigenvalue weighted by atomic mass is 16.2. The van der Waals surface area contributed by atoms with Gasteiger partial charge in [-0.1, -0.05) is 12.1 Å². The molecular formula is C17H16N6O2. The molecule has 3 N–H and O–H groups in total. The van der Waals surface area contributed by atoms with E-state index in [1.54, 1.807) is 36.8 Å². The summed E-state index contributed by atoms with van der Waals surface area (Å²) in [7, 11) is 0. The third-order valence-corrected chi connectivity index (χ3v) is 3.41. The van der Waals surface area contributed by atoms with Crippen molar-refractivity contribution in [1.29, 1.82) is 0 Å². The van der Waals surface area contributed by atoms with Gasteiger partial charge < -0.3 is 15.6 Å². The van der Waals surface area contributed by atoms with E-state index in [4.69, 9.17) is 0 Å². The molecule has 126 valence electrons. The first kappa shape index (κ1) is 16.3. The normalized spacial score (nSPS) is 10.2. The lowest BCUT2D eigenvalue weighted by atomic mass is 10.2. The van der Waals surface area contributed by atoms with Crippen LogP contribution in [0.3, 0.4) is 0 Å². The first-order valence-electron chi connectivity index (χ1n) is 7.62. The number of imidazole rings is 1. The molecule has 8 nitrogen and oxygen atoms in total. The SMILES string of the molecule is O=C(NCc1ccccn1)c1nc[nH]c1C(=O)NCc1cccnc1. The first-order valence-corrected chi connectivity index (χ1v) is 7.62. The van der Waals surface area contributed by atoms with Gasteiger partial charge in [0.05, 0.1) is 18.6 Å². The molecule has 0 aliphatic rings. The summed E-state index contributed by atoms with van der Waals surface area (Å²) in [5, 5.41) is 5.42. The van der Waals surface area contributed by atoms with Crippen molar-refractivity contribution in [2.24, 2.45) is 0 Å². The second-order valence-corrected chi connectivity index (χ2v) is 5.17. The number of carbonyl (C=O) groups is 2. The molecule has 0 atom stereocenters. The minimum atomic E-state index is -0.446. The van der Waals surface area contributed by atoms with Gasteiger partial charge in [0, 0.05) is 25.1 Å². The fourth-order valence-electron chi connectivity index (χ4n) is 2.17. The number of aromatic amines is 1. The van der Waals surface area contributed by atoms with Crippen molar-refractivity contribution < 1.29 is 9.59 Å². The lowest BCUT2D eigenvalue weighted by molar-refractivity contribution is 0.0911. The average molecular weight is 336 g/mol. The molecule has 2 amide bonds. The summed E-state index contributed by atoms with van der Waals surface area (Å²) in [6.07, 6.45) is 6.28. The fraction of sp³-hybridized carbons (Fsp3) is 0.118. The maximum absolute atomic E-state index is 12.3. The van der Waals surface area contributed by atoms with E-state index < -0.39 is 11.8 Å². The number of carbonyl (C=O) groups excluding carboxylic acids is 2. The van der Waals surface area contributed by atoms with Gasteiger partial charge in [-0.15, -0.1) is 0 Å². The van der Waals surface area contributed by atoms with Crippen LogP contribution in [0, 0.1) is 0 Å². The lowest BCUT2D eigenvalue weighted by Crippen LogP contribution is -2.29. The van der Waals surface area contributed by atoms with Crippen LogP contribution in [0.4, 0.5) is 0 Å². The molecule has 25 heavy (non-hydrogen) atoms. The van der Waals surface area contributed by atoms with E-state index in [0.717, 1.165) is 5.56 Å². The molecule has 3 aromatic heterocycles. The molecule has 3 aromatic rings. The van der Waals surface area contributed by atoms with Gasteiger partial charge in [0.15, 0.2) is 5.69 Å². The van der Waals surface area contributed by atoms with Crippen molar-refractivity contribution in [2.75, 3.05) is 0 Å². The molecule has 0 spiro atoms. The van der Waals surface area contributed by atoms with Crippen LogP contribution in [-0.4, -0.2) is 31.8 Å². The van der Waals surface area contributed by atoms with Gasteiger partial charge in [0.1, 0.15) is 5.69 Å². The highest BCUT2D eigenvalue weighted by molar-refractivity contribution is 6.04. The predicted molar refractivity (Wildman–Crippen MR) is 89.4 cm³/mol. The van der Waals surface area contributed by atoms with Gasteiger partial charge in [0.2, 0.25) is 0 Å². The Kier molecular flexibility index (Phi) is 5.10. The number of rotatable bonds is 6. The highest BCUT2D eigenvalue weighted by Crippen LogP contribution is 2.04. The molecule has 0 saturated heterocycles. The van der Waals surface area contributed by atoms with Crippen molar-refractivity contribution >= 4 is 11.8 Å². The van der Waals surface area contributed by atoms with Crippen molar-refractivity contribution in [3.63, 3.8) is 0 Å². The number of aromatic nitrogens is 4. The first-order chi connectivity index (χ1) is 12.2. The minimum absolute atomic E-state index is 0.0413. The Morgan fingerprint density at radius 3 is 2.60 bits per heavy atom. The number of amides is 2. The van der Waals surface area contributed by atoms with E-state index in [9.17, 15) is 9.59 Å². The van der Waals surface area contributed by atoms with Crippen molar-refractivity contribution in [2.45, 2.75) is 13.1 Å². The number of pyridine rings is 2. The summed E-state index contributed by atoms with van der Waals surface area (Å²) in [5.41, 5.74) is 1.73. The number of nitrogens with one attached hydrogen (secondary N) is 3. The van der Waals surface area contributed by atoms with Crippen LogP contribution in [0.15, 0.2) is 55.2 Å². The molecule has 0 aliphatic carbocycles. The second-order valence-electron chi connectivity index (χ2n) is 5.17. The quantitative estimate of drug-likeness (QED) is 0.623. The maximum Gasteiger partial charge on any atom is 0.272 e. The molecule has 8 heteroatoms. The summed E-state index contributed by atoms with van der Waals surface area (Å²) in [5.74, 6) is -0.859. The van der Waals surface area contributed by atoms with E-state index in [1.807, 2.05) is 12.1 Å². The topological polar surface area (TPSA) is 113 Å². The fourth-order valence-corrected chi connectivity index (χ4v) is 2.17. The van der Waals surface area contributed by atoms with Crippen molar-refractivity contribution in [3.8, 4) is 0 Å². The molecule has 3 heterocycles. The number of hydrogen-bond donors (Lipinski definition) is 3. The zero-order valence-corrected chi connectivity index (χ0v) is 13.3.